The number of fused-ring (bicyclic) bond motifs is 1. The van der Waals surface area contributed by atoms with Crippen molar-refractivity contribution in [3.05, 3.63) is 41.6 Å². The first-order chi connectivity index (χ1) is 19.4. The minimum atomic E-state index is -4.25. The number of hydrogen-bond acceptors (Lipinski definition) is 11. The zero-order valence-corrected chi connectivity index (χ0v) is 23.0. The molecule has 2 fully saturated rings. The molecule has 14 heteroatoms. The van der Waals surface area contributed by atoms with Crippen LogP contribution >= 0.6 is 0 Å². The van der Waals surface area contributed by atoms with Crippen LogP contribution in [0.5, 0.6) is 17.2 Å². The molecule has 1 aliphatic heterocycles. The van der Waals surface area contributed by atoms with Crippen LogP contribution in [0.1, 0.15) is 36.1 Å². The maximum Gasteiger partial charge on any atom is 0.270 e. The van der Waals surface area contributed by atoms with Crippen molar-refractivity contribution in [3.8, 4) is 17.2 Å². The van der Waals surface area contributed by atoms with E-state index in [2.05, 4.69) is 25.4 Å². The van der Waals surface area contributed by atoms with Gasteiger partial charge in [0.05, 0.1) is 57.9 Å². The molecular formula is C26H29N5O8S. The molecule has 40 heavy (non-hydrogen) atoms. The first-order valence-electron chi connectivity index (χ1n) is 12.7. The average molecular weight is 572 g/mol. The lowest BCUT2D eigenvalue weighted by Crippen LogP contribution is -2.22. The fourth-order valence-electron chi connectivity index (χ4n) is 4.65. The number of H-pyrrole nitrogens is 1. The summed E-state index contributed by atoms with van der Waals surface area (Å²) in [5.74, 6) is 1.80. The second-order valence-corrected chi connectivity index (χ2v) is 11.1. The Kier molecular flexibility index (Phi) is 6.90. The molecular weight excluding hydrogens is 542 g/mol. The summed E-state index contributed by atoms with van der Waals surface area (Å²) in [5, 5.41) is 15.0. The molecule has 1 saturated heterocycles. The molecule has 0 amide bonds. The Morgan fingerprint density at radius 2 is 1.73 bits per heavy atom. The fourth-order valence-corrected chi connectivity index (χ4v) is 5.97. The number of sulfonamides is 1. The van der Waals surface area contributed by atoms with E-state index in [-0.39, 0.29) is 28.3 Å². The highest BCUT2D eigenvalue weighted by Gasteiger charge is 2.30. The summed E-state index contributed by atoms with van der Waals surface area (Å²) >= 11 is 0. The van der Waals surface area contributed by atoms with E-state index in [4.69, 9.17) is 28.2 Å². The zero-order chi connectivity index (χ0) is 27.9. The van der Waals surface area contributed by atoms with Crippen molar-refractivity contribution in [2.75, 3.05) is 51.2 Å². The molecule has 1 saturated carbocycles. The number of aromatic amines is 1. The Labute approximate surface area is 230 Å². The van der Waals surface area contributed by atoms with E-state index in [1.165, 1.54) is 21.3 Å². The van der Waals surface area contributed by atoms with Gasteiger partial charge in [-0.2, -0.15) is 5.10 Å². The SMILES string of the molecule is COc1cc2c(NS(=O)(=O)c3c(OC)cc(C4COCCO4)cc3OC)noc2cc1Nc1cc(C2CC2)n[nH]1. The topological polar surface area (TPSA) is 159 Å². The molecule has 2 aliphatic rings. The number of anilines is 3. The van der Waals surface area contributed by atoms with Crippen LogP contribution < -0.4 is 24.2 Å². The molecule has 0 spiro atoms. The maximum absolute atomic E-state index is 13.7. The molecule has 1 unspecified atom stereocenters. The number of nitrogens with one attached hydrogen (secondary N) is 3. The first-order valence-corrected chi connectivity index (χ1v) is 14.2. The third-order valence-electron chi connectivity index (χ3n) is 6.83. The first kappa shape index (κ1) is 26.2. The normalized spacial score (nSPS) is 17.5. The molecule has 1 atom stereocenters. The van der Waals surface area contributed by atoms with Gasteiger partial charge in [-0.1, -0.05) is 5.16 Å². The molecule has 6 rings (SSSR count). The van der Waals surface area contributed by atoms with Gasteiger partial charge in [-0.05, 0) is 36.6 Å². The van der Waals surface area contributed by atoms with Crippen molar-refractivity contribution in [1.82, 2.24) is 15.4 Å². The highest BCUT2D eigenvalue weighted by atomic mass is 32.2. The Bertz CT molecular complexity index is 1610. The molecule has 4 aromatic rings. The van der Waals surface area contributed by atoms with Gasteiger partial charge in [0, 0.05) is 18.1 Å². The number of hydrogen-bond donors (Lipinski definition) is 3. The van der Waals surface area contributed by atoms with E-state index in [9.17, 15) is 8.42 Å². The lowest BCUT2D eigenvalue weighted by atomic mass is 10.1. The lowest BCUT2D eigenvalue weighted by Gasteiger charge is -2.25. The predicted octanol–water partition coefficient (Wildman–Crippen LogP) is 4.09. The monoisotopic (exact) mass is 571 g/mol. The third-order valence-corrected chi connectivity index (χ3v) is 8.23. The number of nitrogens with zero attached hydrogens (tertiary/aromatic N) is 2. The van der Waals surface area contributed by atoms with E-state index in [1.54, 1.807) is 24.3 Å². The third kappa shape index (κ3) is 5.00. The van der Waals surface area contributed by atoms with Crippen molar-refractivity contribution in [1.29, 1.82) is 0 Å². The standard InChI is InChI=1S/C26H29N5O8S/c1-34-20-10-16-19(11-18(20)27-24-12-17(28-29-24)14-4-5-14)39-30-26(16)31-40(32,33)25-21(35-2)8-15(9-22(25)36-3)23-13-37-6-7-38-23/h8-12,14,23H,4-7,13H2,1-3H3,(H,30,31)(H2,27,28,29). The predicted molar refractivity (Wildman–Crippen MR) is 144 cm³/mol. The van der Waals surface area contributed by atoms with Gasteiger partial charge < -0.3 is 33.5 Å². The van der Waals surface area contributed by atoms with Gasteiger partial charge in [0.15, 0.2) is 16.3 Å². The van der Waals surface area contributed by atoms with Gasteiger partial charge in [0.2, 0.25) is 0 Å². The van der Waals surface area contributed by atoms with E-state index >= 15 is 0 Å². The van der Waals surface area contributed by atoms with Crippen LogP contribution in [0, 0.1) is 0 Å². The summed E-state index contributed by atoms with van der Waals surface area (Å²) in [6.07, 6.45) is 1.91. The van der Waals surface area contributed by atoms with Crippen LogP contribution in [0.25, 0.3) is 11.0 Å². The van der Waals surface area contributed by atoms with Gasteiger partial charge in [0.1, 0.15) is 29.2 Å². The van der Waals surface area contributed by atoms with Gasteiger partial charge in [-0.15, -0.1) is 0 Å². The molecule has 0 radical (unpaired) electrons. The van der Waals surface area contributed by atoms with Gasteiger partial charge in [-0.25, -0.2) is 8.42 Å². The number of methoxy groups -OCH3 is 3. The van der Waals surface area contributed by atoms with Crippen molar-refractivity contribution >= 4 is 38.3 Å². The van der Waals surface area contributed by atoms with Gasteiger partial charge in [-0.3, -0.25) is 9.82 Å². The summed E-state index contributed by atoms with van der Waals surface area (Å²) in [6, 6.07) is 8.48. The molecule has 3 N–H and O–H groups in total. The Morgan fingerprint density at radius 1 is 0.975 bits per heavy atom. The van der Waals surface area contributed by atoms with Crippen LogP contribution in [0.3, 0.4) is 0 Å². The highest BCUT2D eigenvalue weighted by molar-refractivity contribution is 7.93. The van der Waals surface area contributed by atoms with Crippen molar-refractivity contribution in [2.45, 2.75) is 29.8 Å². The highest BCUT2D eigenvalue weighted by Crippen LogP contribution is 2.42. The molecule has 3 heterocycles. The maximum atomic E-state index is 13.7. The molecule has 13 nitrogen and oxygen atoms in total. The Hall–Kier alpha value is -4.01. The van der Waals surface area contributed by atoms with Crippen LogP contribution in [-0.4, -0.2) is 64.9 Å². The summed E-state index contributed by atoms with van der Waals surface area (Å²) in [4.78, 5) is -0.190. The zero-order valence-electron chi connectivity index (χ0n) is 22.1. The van der Waals surface area contributed by atoms with Gasteiger partial charge >= 0.3 is 0 Å². The Balaban J connectivity index is 1.31. The van der Waals surface area contributed by atoms with E-state index in [0.29, 0.717) is 59.5 Å². The number of rotatable bonds is 10. The summed E-state index contributed by atoms with van der Waals surface area (Å²) in [7, 11) is 0.0346. The Morgan fingerprint density at radius 3 is 2.38 bits per heavy atom. The van der Waals surface area contributed by atoms with Crippen LogP contribution in [-0.2, 0) is 19.5 Å². The van der Waals surface area contributed by atoms with E-state index in [0.717, 1.165) is 18.5 Å². The number of aromatic nitrogens is 3. The molecule has 212 valence electrons. The number of benzene rings is 2. The van der Waals surface area contributed by atoms with E-state index in [1.807, 2.05) is 6.07 Å². The van der Waals surface area contributed by atoms with Crippen molar-refractivity contribution in [2.24, 2.45) is 0 Å². The molecule has 0 bridgehead atoms. The van der Waals surface area contributed by atoms with E-state index < -0.39 is 10.0 Å². The molecule has 2 aromatic carbocycles. The minimum Gasteiger partial charge on any atom is -0.495 e. The fraction of sp³-hybridized carbons (Fsp3) is 0.385. The smallest absolute Gasteiger partial charge is 0.270 e. The minimum absolute atomic E-state index is 0.0189. The second-order valence-electron chi connectivity index (χ2n) is 9.48. The number of ether oxygens (including phenoxy) is 5. The van der Waals surface area contributed by atoms with Crippen molar-refractivity contribution < 1.29 is 36.6 Å². The van der Waals surface area contributed by atoms with Crippen molar-refractivity contribution in [3.63, 3.8) is 0 Å². The summed E-state index contributed by atoms with van der Waals surface area (Å²) in [5.41, 5.74) is 2.62. The quantitative estimate of drug-likeness (QED) is 0.252. The van der Waals surface area contributed by atoms with Crippen LogP contribution in [0.15, 0.2) is 39.8 Å². The summed E-state index contributed by atoms with van der Waals surface area (Å²) < 4.78 is 63.0. The summed E-state index contributed by atoms with van der Waals surface area (Å²) in [6.45, 7) is 1.27. The largest absolute Gasteiger partial charge is 0.495 e. The van der Waals surface area contributed by atoms with Gasteiger partial charge in [0.25, 0.3) is 10.0 Å². The lowest BCUT2D eigenvalue weighted by molar-refractivity contribution is -0.0902. The average Bonchev–Trinajstić information content (AvgIpc) is 3.61. The molecule has 1 aliphatic carbocycles. The second kappa shape index (κ2) is 10.5. The van der Waals surface area contributed by atoms with Crippen LogP contribution in [0.4, 0.5) is 17.3 Å². The van der Waals surface area contributed by atoms with Crippen LogP contribution in [0.2, 0.25) is 0 Å². The molecule has 2 aromatic heterocycles.